The Morgan fingerprint density at radius 1 is 1.10 bits per heavy atom. The lowest BCUT2D eigenvalue weighted by Crippen LogP contribution is -2.43. The highest BCUT2D eigenvalue weighted by molar-refractivity contribution is 5.19. The number of hydrogen-bond donors (Lipinski definition) is 1. The van der Waals surface area contributed by atoms with Crippen molar-refractivity contribution in [2.45, 2.75) is 71.0 Å². The number of rotatable bonds is 6. The highest BCUT2D eigenvalue weighted by Gasteiger charge is 2.29. The van der Waals surface area contributed by atoms with Gasteiger partial charge in [-0.3, -0.25) is 4.90 Å². The lowest BCUT2D eigenvalue weighted by atomic mass is 9.87. The van der Waals surface area contributed by atoms with Gasteiger partial charge >= 0.3 is 0 Å². The Balaban J connectivity index is 2.16. The first-order valence-corrected chi connectivity index (χ1v) is 8.68. The van der Waals surface area contributed by atoms with Gasteiger partial charge in [-0.15, -0.1) is 0 Å². The van der Waals surface area contributed by atoms with Gasteiger partial charge in [0.25, 0.3) is 0 Å². The van der Waals surface area contributed by atoms with Crippen LogP contribution >= 0.6 is 0 Å². The van der Waals surface area contributed by atoms with E-state index in [1.807, 2.05) is 0 Å². The van der Waals surface area contributed by atoms with Crippen molar-refractivity contribution in [1.82, 2.24) is 4.90 Å². The third kappa shape index (κ3) is 4.55. The molecular formula is C19H32N2. The van der Waals surface area contributed by atoms with Gasteiger partial charge in [0.15, 0.2) is 0 Å². The van der Waals surface area contributed by atoms with E-state index in [2.05, 4.69) is 56.0 Å². The third-order valence-electron chi connectivity index (χ3n) is 4.85. The molecule has 1 atom stereocenters. The van der Waals surface area contributed by atoms with Crippen molar-refractivity contribution in [2.75, 3.05) is 6.54 Å². The quantitative estimate of drug-likeness (QED) is 0.842. The van der Waals surface area contributed by atoms with Gasteiger partial charge in [-0.25, -0.2) is 0 Å². The van der Waals surface area contributed by atoms with Crippen LogP contribution in [-0.2, 0) is 0 Å². The zero-order chi connectivity index (χ0) is 15.2. The second-order valence-electron chi connectivity index (χ2n) is 6.96. The molecule has 0 heterocycles. The fourth-order valence-electron chi connectivity index (χ4n) is 3.75. The SMILES string of the molecule is CCN(C1CCC(N)CC1)C(CC(C)C)c1ccccc1. The highest BCUT2D eigenvalue weighted by atomic mass is 15.2. The Labute approximate surface area is 130 Å². The van der Waals surface area contributed by atoms with E-state index >= 15 is 0 Å². The molecule has 0 aromatic heterocycles. The zero-order valence-electron chi connectivity index (χ0n) is 14.0. The van der Waals surface area contributed by atoms with Crippen LogP contribution in [-0.4, -0.2) is 23.5 Å². The van der Waals surface area contributed by atoms with Crippen LogP contribution in [0.1, 0.15) is 64.5 Å². The van der Waals surface area contributed by atoms with Crippen LogP contribution in [0.4, 0.5) is 0 Å². The number of benzene rings is 1. The van der Waals surface area contributed by atoms with E-state index in [4.69, 9.17) is 5.73 Å². The summed E-state index contributed by atoms with van der Waals surface area (Å²) in [5, 5.41) is 0. The van der Waals surface area contributed by atoms with E-state index in [0.29, 0.717) is 18.1 Å². The van der Waals surface area contributed by atoms with Crippen molar-refractivity contribution in [3.8, 4) is 0 Å². The fourth-order valence-corrected chi connectivity index (χ4v) is 3.75. The minimum Gasteiger partial charge on any atom is -0.328 e. The smallest absolute Gasteiger partial charge is 0.0353 e. The van der Waals surface area contributed by atoms with Crippen LogP contribution in [0, 0.1) is 5.92 Å². The summed E-state index contributed by atoms with van der Waals surface area (Å²) in [6, 6.07) is 12.7. The standard InChI is InChI=1S/C19H32N2/c1-4-21(18-12-10-17(20)11-13-18)19(14-15(2)3)16-8-6-5-7-9-16/h5-9,15,17-19H,4,10-14,20H2,1-3H3. The molecule has 1 saturated carbocycles. The van der Waals surface area contributed by atoms with Gasteiger partial charge in [0.05, 0.1) is 0 Å². The molecule has 21 heavy (non-hydrogen) atoms. The molecule has 1 fully saturated rings. The molecule has 0 amide bonds. The van der Waals surface area contributed by atoms with Crippen molar-refractivity contribution in [3.05, 3.63) is 35.9 Å². The molecule has 2 nitrogen and oxygen atoms in total. The second kappa shape index (κ2) is 7.95. The van der Waals surface area contributed by atoms with Gasteiger partial charge in [0.1, 0.15) is 0 Å². The lowest BCUT2D eigenvalue weighted by Gasteiger charge is -2.41. The van der Waals surface area contributed by atoms with E-state index in [1.54, 1.807) is 0 Å². The molecule has 2 heteroatoms. The average Bonchev–Trinajstić information content (AvgIpc) is 2.49. The van der Waals surface area contributed by atoms with Gasteiger partial charge in [-0.05, 0) is 50.1 Å². The van der Waals surface area contributed by atoms with Gasteiger partial charge in [-0.1, -0.05) is 51.1 Å². The summed E-state index contributed by atoms with van der Waals surface area (Å²) in [4.78, 5) is 2.74. The molecular weight excluding hydrogens is 256 g/mol. The van der Waals surface area contributed by atoms with Gasteiger partial charge in [0.2, 0.25) is 0 Å². The first kappa shape index (κ1) is 16.5. The van der Waals surface area contributed by atoms with Crippen molar-refractivity contribution in [3.63, 3.8) is 0 Å². The topological polar surface area (TPSA) is 29.3 Å². The first-order valence-electron chi connectivity index (χ1n) is 8.68. The summed E-state index contributed by atoms with van der Waals surface area (Å²) in [6.07, 6.45) is 6.13. The van der Waals surface area contributed by atoms with E-state index < -0.39 is 0 Å². The van der Waals surface area contributed by atoms with Crippen molar-refractivity contribution in [2.24, 2.45) is 11.7 Å². The van der Waals surface area contributed by atoms with Gasteiger partial charge in [0, 0.05) is 18.1 Å². The highest BCUT2D eigenvalue weighted by Crippen LogP contribution is 2.33. The maximum absolute atomic E-state index is 6.09. The first-order chi connectivity index (χ1) is 10.1. The summed E-state index contributed by atoms with van der Waals surface area (Å²) in [5.74, 6) is 0.718. The molecule has 0 spiro atoms. The molecule has 118 valence electrons. The molecule has 2 rings (SSSR count). The van der Waals surface area contributed by atoms with Gasteiger partial charge in [-0.2, -0.15) is 0 Å². The molecule has 2 N–H and O–H groups in total. The Morgan fingerprint density at radius 2 is 1.71 bits per heavy atom. The fraction of sp³-hybridized carbons (Fsp3) is 0.684. The molecule has 0 bridgehead atoms. The van der Waals surface area contributed by atoms with Crippen molar-refractivity contribution in [1.29, 1.82) is 0 Å². The largest absolute Gasteiger partial charge is 0.328 e. The van der Waals surface area contributed by atoms with E-state index in [0.717, 1.165) is 12.5 Å². The van der Waals surface area contributed by atoms with E-state index in [9.17, 15) is 0 Å². The Bertz CT molecular complexity index is 393. The molecule has 1 aliphatic rings. The molecule has 1 aliphatic carbocycles. The predicted octanol–water partition coefficient (Wildman–Crippen LogP) is 4.37. The molecule has 0 radical (unpaired) electrons. The van der Waals surface area contributed by atoms with E-state index in [1.165, 1.54) is 37.7 Å². The number of nitrogens with zero attached hydrogens (tertiary/aromatic N) is 1. The zero-order valence-corrected chi connectivity index (χ0v) is 14.0. The Morgan fingerprint density at radius 3 is 2.24 bits per heavy atom. The van der Waals surface area contributed by atoms with Crippen LogP contribution in [0.15, 0.2) is 30.3 Å². The number of nitrogens with two attached hydrogens (primary N) is 1. The molecule has 1 aromatic rings. The average molecular weight is 288 g/mol. The van der Waals surface area contributed by atoms with Crippen LogP contribution in [0.5, 0.6) is 0 Å². The molecule has 1 unspecified atom stereocenters. The minimum absolute atomic E-state index is 0.431. The van der Waals surface area contributed by atoms with Gasteiger partial charge < -0.3 is 5.73 Å². The Kier molecular flexibility index (Phi) is 6.25. The normalized spacial score (nSPS) is 24.5. The number of hydrogen-bond acceptors (Lipinski definition) is 2. The van der Waals surface area contributed by atoms with E-state index in [-0.39, 0.29) is 0 Å². The summed E-state index contributed by atoms with van der Waals surface area (Å²) >= 11 is 0. The van der Waals surface area contributed by atoms with Crippen LogP contribution < -0.4 is 5.73 Å². The summed E-state index contributed by atoms with van der Waals surface area (Å²) in [6.45, 7) is 8.11. The van der Waals surface area contributed by atoms with Crippen molar-refractivity contribution < 1.29 is 0 Å². The molecule has 0 aliphatic heterocycles. The van der Waals surface area contributed by atoms with Crippen LogP contribution in [0.2, 0.25) is 0 Å². The molecule has 0 saturated heterocycles. The summed E-state index contributed by atoms with van der Waals surface area (Å²) < 4.78 is 0. The maximum atomic E-state index is 6.09. The van der Waals surface area contributed by atoms with Crippen molar-refractivity contribution >= 4 is 0 Å². The maximum Gasteiger partial charge on any atom is 0.0353 e. The van der Waals surface area contributed by atoms with Crippen LogP contribution in [0.25, 0.3) is 0 Å². The predicted molar refractivity (Wildman–Crippen MR) is 91.2 cm³/mol. The third-order valence-corrected chi connectivity index (χ3v) is 4.85. The second-order valence-corrected chi connectivity index (χ2v) is 6.96. The summed E-state index contributed by atoms with van der Waals surface area (Å²) in [7, 11) is 0. The lowest BCUT2D eigenvalue weighted by molar-refractivity contribution is 0.0929. The minimum atomic E-state index is 0.431. The monoisotopic (exact) mass is 288 g/mol. The van der Waals surface area contributed by atoms with Crippen LogP contribution in [0.3, 0.4) is 0 Å². The Hall–Kier alpha value is -0.860. The molecule has 1 aromatic carbocycles. The summed E-state index contributed by atoms with van der Waals surface area (Å²) in [5.41, 5.74) is 7.56.